The second kappa shape index (κ2) is 5.15. The minimum Gasteiger partial charge on any atom is -0.382 e. The zero-order valence-electron chi connectivity index (χ0n) is 10.6. The van der Waals surface area contributed by atoms with E-state index in [0.29, 0.717) is 13.0 Å². The summed E-state index contributed by atoms with van der Waals surface area (Å²) < 4.78 is 5.06. The summed E-state index contributed by atoms with van der Waals surface area (Å²) in [7, 11) is 1.63. The molecule has 4 heteroatoms. The molecule has 1 aliphatic carbocycles. The number of hydrogen-bond donors (Lipinski definition) is 2. The molecule has 0 spiro atoms. The molecule has 4 nitrogen and oxygen atoms in total. The lowest BCUT2D eigenvalue weighted by molar-refractivity contribution is -0.124. The minimum atomic E-state index is -0.319. The van der Waals surface area contributed by atoms with Crippen LogP contribution in [0.4, 0.5) is 0 Å². The monoisotopic (exact) mass is 228 g/mol. The quantitative estimate of drug-likeness (QED) is 0.743. The second-order valence-electron chi connectivity index (χ2n) is 5.61. The van der Waals surface area contributed by atoms with Crippen molar-refractivity contribution in [3.8, 4) is 0 Å². The summed E-state index contributed by atoms with van der Waals surface area (Å²) in [6.45, 7) is 4.41. The summed E-state index contributed by atoms with van der Waals surface area (Å²) in [6, 6.07) is 0. The van der Waals surface area contributed by atoms with Crippen LogP contribution >= 0.6 is 0 Å². The van der Waals surface area contributed by atoms with Crippen LogP contribution in [0.25, 0.3) is 0 Å². The third-order valence-electron chi connectivity index (χ3n) is 3.09. The number of ether oxygens (including phenoxy) is 1. The molecule has 3 N–H and O–H groups in total. The Kier molecular flexibility index (Phi) is 4.33. The molecule has 0 unspecified atom stereocenters. The standard InChI is InChI=1S/C12H24N2O2/c1-11(2,9-16-3)14-10(15)8-12(13)6-4-5-7-12/h4-9,13H2,1-3H3,(H,14,15). The molecule has 0 saturated heterocycles. The number of rotatable bonds is 5. The van der Waals surface area contributed by atoms with E-state index in [1.54, 1.807) is 7.11 Å². The van der Waals surface area contributed by atoms with Gasteiger partial charge in [0, 0.05) is 19.1 Å². The van der Waals surface area contributed by atoms with Crippen molar-refractivity contribution in [1.82, 2.24) is 5.32 Å². The fraction of sp³-hybridized carbons (Fsp3) is 0.917. The normalized spacial score (nSPS) is 19.8. The molecule has 0 aliphatic heterocycles. The fourth-order valence-corrected chi connectivity index (χ4v) is 2.39. The number of hydrogen-bond acceptors (Lipinski definition) is 3. The van der Waals surface area contributed by atoms with Gasteiger partial charge in [0.25, 0.3) is 0 Å². The molecule has 0 aromatic rings. The molecule has 94 valence electrons. The second-order valence-corrected chi connectivity index (χ2v) is 5.61. The van der Waals surface area contributed by atoms with Gasteiger partial charge in [-0.1, -0.05) is 12.8 Å². The zero-order valence-corrected chi connectivity index (χ0v) is 10.6. The van der Waals surface area contributed by atoms with Gasteiger partial charge in [-0.2, -0.15) is 0 Å². The van der Waals surface area contributed by atoms with E-state index in [1.165, 1.54) is 0 Å². The van der Waals surface area contributed by atoms with Crippen LogP contribution in [0.15, 0.2) is 0 Å². The molecule has 16 heavy (non-hydrogen) atoms. The predicted octanol–water partition coefficient (Wildman–Crippen LogP) is 1.19. The zero-order chi connectivity index (χ0) is 12.2. The van der Waals surface area contributed by atoms with Crippen molar-refractivity contribution in [3.63, 3.8) is 0 Å². The van der Waals surface area contributed by atoms with Gasteiger partial charge in [0.1, 0.15) is 0 Å². The van der Waals surface area contributed by atoms with Crippen LogP contribution in [0, 0.1) is 0 Å². The number of methoxy groups -OCH3 is 1. The van der Waals surface area contributed by atoms with Crippen LogP contribution in [-0.4, -0.2) is 30.7 Å². The average molecular weight is 228 g/mol. The summed E-state index contributed by atoms with van der Waals surface area (Å²) in [5.41, 5.74) is 5.57. The average Bonchev–Trinajstić information content (AvgIpc) is 2.49. The molecular formula is C12H24N2O2. The summed E-state index contributed by atoms with van der Waals surface area (Å²) in [4.78, 5) is 11.8. The van der Waals surface area contributed by atoms with E-state index in [9.17, 15) is 4.79 Å². The number of carbonyl (C=O) groups excluding carboxylic acids is 1. The van der Waals surface area contributed by atoms with Crippen LogP contribution in [0.2, 0.25) is 0 Å². The predicted molar refractivity (Wildman–Crippen MR) is 64.1 cm³/mol. The fourth-order valence-electron chi connectivity index (χ4n) is 2.39. The molecule has 0 heterocycles. The lowest BCUT2D eigenvalue weighted by Gasteiger charge is -2.29. The number of nitrogens with two attached hydrogens (primary N) is 1. The van der Waals surface area contributed by atoms with Crippen molar-refractivity contribution in [1.29, 1.82) is 0 Å². The smallest absolute Gasteiger partial charge is 0.222 e. The van der Waals surface area contributed by atoms with Gasteiger partial charge in [-0.15, -0.1) is 0 Å². The van der Waals surface area contributed by atoms with E-state index in [0.717, 1.165) is 25.7 Å². The van der Waals surface area contributed by atoms with Crippen LogP contribution in [0.1, 0.15) is 46.0 Å². The van der Waals surface area contributed by atoms with Crippen LogP contribution in [-0.2, 0) is 9.53 Å². The molecule has 0 atom stereocenters. The molecular weight excluding hydrogens is 204 g/mol. The van der Waals surface area contributed by atoms with Gasteiger partial charge in [0.2, 0.25) is 5.91 Å². The third kappa shape index (κ3) is 4.10. The Balaban J connectivity index is 2.41. The summed E-state index contributed by atoms with van der Waals surface area (Å²) >= 11 is 0. The lowest BCUT2D eigenvalue weighted by Crippen LogP contribution is -2.50. The van der Waals surface area contributed by atoms with Crippen LogP contribution in [0.5, 0.6) is 0 Å². The highest BCUT2D eigenvalue weighted by Crippen LogP contribution is 2.30. The maximum atomic E-state index is 11.8. The Bertz CT molecular complexity index is 245. The first-order chi connectivity index (χ1) is 7.37. The summed E-state index contributed by atoms with van der Waals surface area (Å²) in [5, 5.41) is 2.97. The van der Waals surface area contributed by atoms with Gasteiger partial charge in [-0.3, -0.25) is 4.79 Å². The maximum Gasteiger partial charge on any atom is 0.222 e. The Labute approximate surface area is 97.9 Å². The van der Waals surface area contributed by atoms with E-state index in [-0.39, 0.29) is 17.0 Å². The van der Waals surface area contributed by atoms with Crippen molar-refractivity contribution in [2.45, 2.75) is 57.0 Å². The van der Waals surface area contributed by atoms with Crippen molar-refractivity contribution >= 4 is 5.91 Å². The maximum absolute atomic E-state index is 11.8. The molecule has 0 aromatic heterocycles. The van der Waals surface area contributed by atoms with Crippen LogP contribution < -0.4 is 11.1 Å². The van der Waals surface area contributed by atoms with Crippen LogP contribution in [0.3, 0.4) is 0 Å². The Morgan fingerprint density at radius 2 is 2.00 bits per heavy atom. The van der Waals surface area contributed by atoms with Gasteiger partial charge >= 0.3 is 0 Å². The topological polar surface area (TPSA) is 64.3 Å². The highest BCUT2D eigenvalue weighted by atomic mass is 16.5. The van der Waals surface area contributed by atoms with Gasteiger partial charge < -0.3 is 15.8 Å². The molecule has 1 rings (SSSR count). The van der Waals surface area contributed by atoms with E-state index in [2.05, 4.69) is 5.32 Å². The highest BCUT2D eigenvalue weighted by Gasteiger charge is 2.33. The lowest BCUT2D eigenvalue weighted by atomic mass is 9.93. The van der Waals surface area contributed by atoms with Crippen molar-refractivity contribution < 1.29 is 9.53 Å². The van der Waals surface area contributed by atoms with Gasteiger partial charge in [0.05, 0.1) is 12.1 Å². The SMILES string of the molecule is COCC(C)(C)NC(=O)CC1(N)CCCC1. The minimum absolute atomic E-state index is 0.0338. The Hall–Kier alpha value is -0.610. The molecule has 1 saturated carbocycles. The number of amides is 1. The summed E-state index contributed by atoms with van der Waals surface area (Å²) in [6.07, 6.45) is 4.65. The van der Waals surface area contributed by atoms with Crippen molar-refractivity contribution in [2.75, 3.05) is 13.7 Å². The molecule has 0 aromatic carbocycles. The first-order valence-electron chi connectivity index (χ1n) is 5.96. The highest BCUT2D eigenvalue weighted by molar-refractivity contribution is 5.78. The van der Waals surface area contributed by atoms with E-state index < -0.39 is 0 Å². The third-order valence-corrected chi connectivity index (χ3v) is 3.09. The van der Waals surface area contributed by atoms with Crippen molar-refractivity contribution in [3.05, 3.63) is 0 Å². The molecule has 1 fully saturated rings. The number of nitrogens with one attached hydrogen (secondary N) is 1. The first kappa shape index (κ1) is 13.5. The van der Waals surface area contributed by atoms with E-state index >= 15 is 0 Å². The number of carbonyl (C=O) groups is 1. The van der Waals surface area contributed by atoms with E-state index in [1.807, 2.05) is 13.8 Å². The van der Waals surface area contributed by atoms with E-state index in [4.69, 9.17) is 10.5 Å². The van der Waals surface area contributed by atoms with Gasteiger partial charge in [-0.25, -0.2) is 0 Å². The first-order valence-corrected chi connectivity index (χ1v) is 5.96. The van der Waals surface area contributed by atoms with Crippen molar-refractivity contribution in [2.24, 2.45) is 5.73 Å². The molecule has 1 amide bonds. The molecule has 1 aliphatic rings. The molecule has 0 radical (unpaired) electrons. The largest absolute Gasteiger partial charge is 0.382 e. The van der Waals surface area contributed by atoms with Gasteiger partial charge in [-0.05, 0) is 26.7 Å². The molecule has 0 bridgehead atoms. The Morgan fingerprint density at radius 3 is 2.50 bits per heavy atom. The summed E-state index contributed by atoms with van der Waals surface area (Å²) in [5.74, 6) is 0.0338. The van der Waals surface area contributed by atoms with Gasteiger partial charge in [0.15, 0.2) is 0 Å². The Morgan fingerprint density at radius 1 is 1.44 bits per heavy atom.